The van der Waals surface area contributed by atoms with Crippen molar-refractivity contribution in [1.82, 2.24) is 15.2 Å². The Balaban J connectivity index is 1.71. The van der Waals surface area contributed by atoms with Gasteiger partial charge in [-0.15, -0.1) is 0 Å². The van der Waals surface area contributed by atoms with Gasteiger partial charge in [0.1, 0.15) is 23.4 Å². The van der Waals surface area contributed by atoms with Crippen LogP contribution in [0.5, 0.6) is 0 Å². The third-order valence-corrected chi connectivity index (χ3v) is 5.13. The first-order chi connectivity index (χ1) is 13.1. The van der Waals surface area contributed by atoms with E-state index in [9.17, 15) is 27.2 Å². The van der Waals surface area contributed by atoms with Crippen LogP contribution in [0, 0.1) is 17.6 Å². The van der Waals surface area contributed by atoms with Crippen LogP contribution in [0.2, 0.25) is 0 Å². The average molecular weight is 399 g/mol. The van der Waals surface area contributed by atoms with Crippen molar-refractivity contribution in [2.45, 2.75) is 38.7 Å². The summed E-state index contributed by atoms with van der Waals surface area (Å²) in [4.78, 5) is 29.1. The Morgan fingerprint density at radius 1 is 1.32 bits per heavy atom. The van der Waals surface area contributed by atoms with E-state index in [0.29, 0.717) is 6.07 Å². The molecule has 0 spiro atoms. The smallest absolute Gasteiger partial charge is 0.268 e. The summed E-state index contributed by atoms with van der Waals surface area (Å²) in [5.74, 6) is -6.46. The average Bonchev–Trinajstić information content (AvgIpc) is 3.25. The standard InChI is InChI=1S/C19H21F4N3O2/c1-3-14(18(28)26-5-4-10(9-26)19(2,22)23)25-17(27)16-8-12-13(21)6-11(20)7-15(12)24-16/h6-8,10,14,24H,3-5,9H2,1-2H3,(H,25,27). The van der Waals surface area contributed by atoms with Gasteiger partial charge in [0, 0.05) is 30.5 Å². The number of aromatic nitrogens is 1. The van der Waals surface area contributed by atoms with Crippen LogP contribution in [0.15, 0.2) is 18.2 Å². The fraction of sp³-hybridized carbons (Fsp3) is 0.474. The van der Waals surface area contributed by atoms with Gasteiger partial charge in [-0.1, -0.05) is 6.92 Å². The van der Waals surface area contributed by atoms with Gasteiger partial charge in [-0.2, -0.15) is 0 Å². The Morgan fingerprint density at radius 3 is 2.64 bits per heavy atom. The number of nitrogens with zero attached hydrogens (tertiary/aromatic N) is 1. The SMILES string of the molecule is CCC(NC(=O)c1cc2c(F)cc(F)cc2[nH]1)C(=O)N1CCC(C(C)(F)F)C1. The molecule has 5 nitrogen and oxygen atoms in total. The lowest BCUT2D eigenvalue weighted by atomic mass is 10.0. The van der Waals surface area contributed by atoms with Gasteiger partial charge in [0.25, 0.3) is 5.91 Å². The molecule has 2 unspecified atom stereocenters. The van der Waals surface area contributed by atoms with Crippen LogP contribution < -0.4 is 5.32 Å². The number of likely N-dealkylation sites (tertiary alicyclic amines) is 1. The molecule has 0 aliphatic carbocycles. The Bertz CT molecular complexity index is 906. The van der Waals surface area contributed by atoms with Crippen LogP contribution in [0.25, 0.3) is 10.9 Å². The zero-order valence-electron chi connectivity index (χ0n) is 15.5. The molecule has 1 saturated heterocycles. The summed E-state index contributed by atoms with van der Waals surface area (Å²) < 4.78 is 54.1. The van der Waals surface area contributed by atoms with Crippen LogP contribution >= 0.6 is 0 Å². The van der Waals surface area contributed by atoms with Crippen LogP contribution in [-0.4, -0.2) is 46.8 Å². The minimum atomic E-state index is -2.87. The van der Waals surface area contributed by atoms with Gasteiger partial charge in [-0.25, -0.2) is 17.6 Å². The molecule has 0 radical (unpaired) electrons. The van der Waals surface area contributed by atoms with Gasteiger partial charge >= 0.3 is 0 Å². The molecule has 1 aliphatic heterocycles. The molecular weight excluding hydrogens is 378 g/mol. The molecule has 1 aromatic carbocycles. The second-order valence-corrected chi connectivity index (χ2v) is 7.19. The van der Waals surface area contributed by atoms with Gasteiger partial charge in [0.05, 0.1) is 5.52 Å². The maximum atomic E-state index is 13.8. The zero-order valence-corrected chi connectivity index (χ0v) is 15.5. The van der Waals surface area contributed by atoms with Crippen molar-refractivity contribution < 1.29 is 27.2 Å². The summed E-state index contributed by atoms with van der Waals surface area (Å²) >= 11 is 0. The lowest BCUT2D eigenvalue weighted by Crippen LogP contribution is -2.48. The van der Waals surface area contributed by atoms with Gasteiger partial charge in [-0.3, -0.25) is 9.59 Å². The molecule has 2 heterocycles. The second kappa shape index (κ2) is 7.44. The number of carbonyl (C=O) groups excluding carboxylic acids is 2. The topological polar surface area (TPSA) is 65.2 Å². The molecule has 1 fully saturated rings. The van der Waals surface area contributed by atoms with E-state index in [1.54, 1.807) is 6.92 Å². The van der Waals surface area contributed by atoms with E-state index in [1.807, 2.05) is 0 Å². The maximum absolute atomic E-state index is 13.8. The van der Waals surface area contributed by atoms with Crippen molar-refractivity contribution in [3.05, 3.63) is 35.5 Å². The highest BCUT2D eigenvalue weighted by atomic mass is 19.3. The number of fused-ring (bicyclic) bond motifs is 1. The van der Waals surface area contributed by atoms with Gasteiger partial charge in [0.2, 0.25) is 11.8 Å². The van der Waals surface area contributed by atoms with Gasteiger partial charge in [-0.05, 0) is 31.9 Å². The molecule has 1 aliphatic rings. The normalized spacial score (nSPS) is 18.5. The number of hydrogen-bond donors (Lipinski definition) is 2. The van der Waals surface area contributed by atoms with Crippen molar-refractivity contribution >= 4 is 22.7 Å². The van der Waals surface area contributed by atoms with Gasteiger partial charge in [0.15, 0.2) is 0 Å². The summed E-state index contributed by atoms with van der Waals surface area (Å²) in [6.07, 6.45) is 0.462. The summed E-state index contributed by atoms with van der Waals surface area (Å²) in [6.45, 7) is 2.66. The van der Waals surface area contributed by atoms with E-state index in [4.69, 9.17) is 0 Å². The Hall–Kier alpha value is -2.58. The Morgan fingerprint density at radius 2 is 2.04 bits per heavy atom. The number of hydrogen-bond acceptors (Lipinski definition) is 2. The van der Waals surface area contributed by atoms with E-state index in [2.05, 4.69) is 10.3 Å². The van der Waals surface area contributed by atoms with Crippen LogP contribution in [0.3, 0.4) is 0 Å². The number of benzene rings is 1. The third-order valence-electron chi connectivity index (χ3n) is 5.13. The first kappa shape index (κ1) is 20.2. The number of H-pyrrole nitrogens is 1. The van der Waals surface area contributed by atoms with E-state index >= 15 is 0 Å². The number of amides is 2. The minimum Gasteiger partial charge on any atom is -0.350 e. The molecular formula is C19H21F4N3O2. The van der Waals surface area contributed by atoms with Crippen molar-refractivity contribution in [2.75, 3.05) is 13.1 Å². The summed E-state index contributed by atoms with van der Waals surface area (Å²) in [5, 5.41) is 2.60. The Kier molecular flexibility index (Phi) is 5.36. The van der Waals surface area contributed by atoms with Crippen molar-refractivity contribution in [3.63, 3.8) is 0 Å². The number of nitrogens with one attached hydrogen (secondary N) is 2. The zero-order chi connectivity index (χ0) is 20.6. The highest BCUT2D eigenvalue weighted by Crippen LogP contribution is 2.32. The number of halogens is 4. The highest BCUT2D eigenvalue weighted by molar-refractivity contribution is 6.00. The predicted molar refractivity (Wildman–Crippen MR) is 95.1 cm³/mol. The molecule has 0 bridgehead atoms. The Labute approximate surface area is 159 Å². The first-order valence-corrected chi connectivity index (χ1v) is 9.05. The molecule has 0 saturated carbocycles. The lowest BCUT2D eigenvalue weighted by Gasteiger charge is -2.24. The summed E-state index contributed by atoms with van der Waals surface area (Å²) in [5.41, 5.74) is 0.0970. The molecule has 2 atom stereocenters. The highest BCUT2D eigenvalue weighted by Gasteiger charge is 2.41. The minimum absolute atomic E-state index is 0.0230. The number of carbonyl (C=O) groups is 2. The first-order valence-electron chi connectivity index (χ1n) is 9.05. The van der Waals surface area contributed by atoms with Gasteiger partial charge < -0.3 is 15.2 Å². The van der Waals surface area contributed by atoms with Crippen LogP contribution in [0.1, 0.15) is 37.2 Å². The number of alkyl halides is 2. The number of aromatic amines is 1. The van der Waals surface area contributed by atoms with E-state index < -0.39 is 41.3 Å². The molecule has 1 aromatic heterocycles. The van der Waals surface area contributed by atoms with E-state index in [0.717, 1.165) is 13.0 Å². The van der Waals surface area contributed by atoms with Crippen molar-refractivity contribution in [1.29, 1.82) is 0 Å². The quantitative estimate of drug-likeness (QED) is 0.757. The number of rotatable bonds is 5. The molecule has 28 heavy (non-hydrogen) atoms. The third kappa shape index (κ3) is 3.98. The fourth-order valence-corrected chi connectivity index (χ4v) is 3.45. The van der Waals surface area contributed by atoms with E-state index in [-0.39, 0.29) is 42.5 Å². The van der Waals surface area contributed by atoms with Crippen LogP contribution in [0.4, 0.5) is 17.6 Å². The second-order valence-electron chi connectivity index (χ2n) is 7.19. The summed E-state index contributed by atoms with van der Waals surface area (Å²) in [6, 6.07) is 2.11. The molecule has 2 amide bonds. The molecule has 2 N–H and O–H groups in total. The largest absolute Gasteiger partial charge is 0.350 e. The van der Waals surface area contributed by atoms with Crippen LogP contribution in [-0.2, 0) is 4.79 Å². The molecule has 152 valence electrons. The predicted octanol–water partition coefficient (Wildman–Crippen LogP) is 3.46. The lowest BCUT2D eigenvalue weighted by molar-refractivity contribution is -0.133. The molecule has 3 rings (SSSR count). The molecule has 2 aromatic rings. The monoisotopic (exact) mass is 399 g/mol. The summed E-state index contributed by atoms with van der Waals surface area (Å²) in [7, 11) is 0. The fourth-order valence-electron chi connectivity index (χ4n) is 3.45. The van der Waals surface area contributed by atoms with Crippen molar-refractivity contribution in [2.24, 2.45) is 5.92 Å². The van der Waals surface area contributed by atoms with E-state index in [1.165, 1.54) is 11.0 Å². The molecule has 9 heteroatoms. The van der Waals surface area contributed by atoms with Crippen molar-refractivity contribution in [3.8, 4) is 0 Å². The maximum Gasteiger partial charge on any atom is 0.268 e.